The van der Waals surface area contributed by atoms with Crippen molar-refractivity contribution in [2.45, 2.75) is 0 Å². The molecule has 0 aliphatic rings. The monoisotopic (exact) mass is 155 g/mol. The van der Waals surface area contributed by atoms with Gasteiger partial charge in [0.25, 0.3) is 0 Å². The van der Waals surface area contributed by atoms with E-state index in [1.807, 2.05) is 0 Å². The Morgan fingerprint density at radius 1 is 1.27 bits per heavy atom. The van der Waals surface area contributed by atoms with Crippen molar-refractivity contribution in [1.82, 2.24) is 0 Å². The van der Waals surface area contributed by atoms with Gasteiger partial charge in [-0.05, 0) is 6.07 Å². The molecule has 0 unspecified atom stereocenters. The SMILES string of the molecule is C=Cc1cc(F)c(N)cc1F. The van der Waals surface area contributed by atoms with Gasteiger partial charge in [0.1, 0.15) is 11.6 Å². The summed E-state index contributed by atoms with van der Waals surface area (Å²) in [5.74, 6) is -1.18. The highest BCUT2D eigenvalue weighted by Gasteiger charge is 2.03. The molecule has 0 amide bonds. The highest BCUT2D eigenvalue weighted by atomic mass is 19.1. The van der Waals surface area contributed by atoms with Gasteiger partial charge in [0, 0.05) is 11.6 Å². The third kappa shape index (κ3) is 1.37. The predicted octanol–water partition coefficient (Wildman–Crippen LogP) is 2.19. The predicted molar refractivity (Wildman–Crippen MR) is 40.9 cm³/mol. The van der Waals surface area contributed by atoms with E-state index in [1.54, 1.807) is 0 Å². The smallest absolute Gasteiger partial charge is 0.146 e. The lowest BCUT2D eigenvalue weighted by atomic mass is 10.2. The minimum atomic E-state index is -0.624. The second-order valence-electron chi connectivity index (χ2n) is 2.10. The zero-order chi connectivity index (χ0) is 8.43. The molecule has 0 fully saturated rings. The normalized spacial score (nSPS) is 9.64. The first kappa shape index (κ1) is 7.72. The first-order valence-electron chi connectivity index (χ1n) is 3.02. The van der Waals surface area contributed by atoms with E-state index in [0.717, 1.165) is 12.1 Å². The fourth-order valence-corrected chi connectivity index (χ4v) is 0.734. The van der Waals surface area contributed by atoms with Crippen molar-refractivity contribution in [3.8, 4) is 0 Å². The average Bonchev–Trinajstić information content (AvgIpc) is 1.97. The lowest BCUT2D eigenvalue weighted by Gasteiger charge is -1.99. The zero-order valence-electron chi connectivity index (χ0n) is 5.77. The van der Waals surface area contributed by atoms with Gasteiger partial charge in [-0.1, -0.05) is 12.7 Å². The first-order valence-corrected chi connectivity index (χ1v) is 3.02. The standard InChI is InChI=1S/C8H7F2N/c1-2-5-3-7(10)8(11)4-6(5)9/h2-4H,1,11H2. The van der Waals surface area contributed by atoms with Crippen LogP contribution in [0.2, 0.25) is 0 Å². The van der Waals surface area contributed by atoms with Gasteiger partial charge in [-0.3, -0.25) is 0 Å². The van der Waals surface area contributed by atoms with E-state index in [4.69, 9.17) is 5.73 Å². The number of halogens is 2. The lowest BCUT2D eigenvalue weighted by Crippen LogP contribution is -1.93. The van der Waals surface area contributed by atoms with Gasteiger partial charge in [-0.2, -0.15) is 0 Å². The minimum absolute atomic E-state index is 0.122. The summed E-state index contributed by atoms with van der Waals surface area (Å²) in [4.78, 5) is 0. The molecule has 0 saturated carbocycles. The molecule has 2 N–H and O–H groups in total. The van der Waals surface area contributed by atoms with Gasteiger partial charge < -0.3 is 5.73 Å². The van der Waals surface area contributed by atoms with Gasteiger partial charge >= 0.3 is 0 Å². The molecule has 3 heteroatoms. The molecule has 1 aromatic rings. The van der Waals surface area contributed by atoms with Crippen LogP contribution in [-0.4, -0.2) is 0 Å². The fraction of sp³-hybridized carbons (Fsp3) is 0. The van der Waals surface area contributed by atoms with Crippen molar-refractivity contribution in [2.75, 3.05) is 5.73 Å². The molecule has 0 aromatic heterocycles. The molecule has 0 heterocycles. The van der Waals surface area contributed by atoms with Crippen LogP contribution in [-0.2, 0) is 0 Å². The van der Waals surface area contributed by atoms with Gasteiger partial charge in [0.05, 0.1) is 5.69 Å². The van der Waals surface area contributed by atoms with E-state index in [2.05, 4.69) is 6.58 Å². The summed E-state index contributed by atoms with van der Waals surface area (Å²) in [6, 6.07) is 1.95. The van der Waals surface area contributed by atoms with Crippen molar-refractivity contribution >= 4 is 11.8 Å². The highest BCUT2D eigenvalue weighted by molar-refractivity contribution is 5.53. The Labute approximate surface area is 63.1 Å². The maximum atomic E-state index is 12.7. The number of nitrogen functional groups attached to an aromatic ring is 1. The first-order chi connectivity index (χ1) is 5.15. The van der Waals surface area contributed by atoms with Crippen LogP contribution in [0.3, 0.4) is 0 Å². The van der Waals surface area contributed by atoms with Crippen molar-refractivity contribution in [3.63, 3.8) is 0 Å². The molecule has 58 valence electrons. The van der Waals surface area contributed by atoms with Crippen LogP contribution in [0.1, 0.15) is 5.56 Å². The van der Waals surface area contributed by atoms with Crippen LogP contribution in [0.25, 0.3) is 6.08 Å². The van der Waals surface area contributed by atoms with E-state index in [-0.39, 0.29) is 11.3 Å². The van der Waals surface area contributed by atoms with Crippen LogP contribution in [0.15, 0.2) is 18.7 Å². The van der Waals surface area contributed by atoms with E-state index < -0.39 is 11.6 Å². The number of hydrogen-bond donors (Lipinski definition) is 1. The van der Waals surface area contributed by atoms with E-state index in [0.29, 0.717) is 0 Å². The van der Waals surface area contributed by atoms with Crippen LogP contribution in [0, 0.1) is 11.6 Å². The Morgan fingerprint density at radius 2 is 1.91 bits per heavy atom. The number of anilines is 1. The summed E-state index contributed by atoms with van der Waals surface area (Å²) in [5.41, 5.74) is 5.03. The summed E-state index contributed by atoms with van der Waals surface area (Å²) in [5, 5.41) is 0. The summed E-state index contributed by atoms with van der Waals surface area (Å²) < 4.78 is 25.3. The molecule has 0 aliphatic carbocycles. The maximum absolute atomic E-state index is 12.7. The third-order valence-corrected chi connectivity index (χ3v) is 1.34. The number of rotatable bonds is 1. The van der Waals surface area contributed by atoms with Crippen molar-refractivity contribution < 1.29 is 8.78 Å². The Balaban J connectivity index is 3.31. The molecule has 0 radical (unpaired) electrons. The summed E-state index contributed by atoms with van der Waals surface area (Å²) in [7, 11) is 0. The van der Waals surface area contributed by atoms with Gasteiger partial charge in [0.15, 0.2) is 0 Å². The molecular weight excluding hydrogens is 148 g/mol. The van der Waals surface area contributed by atoms with Crippen molar-refractivity contribution in [3.05, 3.63) is 35.9 Å². The highest BCUT2D eigenvalue weighted by Crippen LogP contribution is 2.16. The number of benzene rings is 1. The molecule has 1 rings (SSSR count). The average molecular weight is 155 g/mol. The Morgan fingerprint density at radius 3 is 2.45 bits per heavy atom. The molecule has 0 atom stereocenters. The molecule has 0 aliphatic heterocycles. The Hall–Kier alpha value is -1.38. The van der Waals surface area contributed by atoms with Crippen molar-refractivity contribution in [2.24, 2.45) is 0 Å². The number of nitrogens with two attached hydrogens (primary N) is 1. The van der Waals surface area contributed by atoms with Gasteiger partial charge in [-0.15, -0.1) is 0 Å². The summed E-state index contributed by atoms with van der Waals surface area (Å²) in [6.45, 7) is 3.32. The summed E-state index contributed by atoms with van der Waals surface area (Å²) in [6.07, 6.45) is 1.23. The lowest BCUT2D eigenvalue weighted by molar-refractivity contribution is 0.602. The molecule has 1 aromatic carbocycles. The second kappa shape index (κ2) is 2.70. The van der Waals surface area contributed by atoms with Crippen molar-refractivity contribution in [1.29, 1.82) is 0 Å². The fourth-order valence-electron chi connectivity index (χ4n) is 0.734. The minimum Gasteiger partial charge on any atom is -0.396 e. The molecule has 0 bridgehead atoms. The second-order valence-corrected chi connectivity index (χ2v) is 2.10. The number of hydrogen-bond acceptors (Lipinski definition) is 1. The zero-order valence-corrected chi connectivity index (χ0v) is 5.77. The molecule has 0 saturated heterocycles. The molecule has 1 nitrogen and oxygen atoms in total. The Bertz CT molecular complexity index is 294. The van der Waals surface area contributed by atoms with Crippen LogP contribution in [0.4, 0.5) is 14.5 Å². The largest absolute Gasteiger partial charge is 0.396 e. The summed E-state index contributed by atoms with van der Waals surface area (Å²) >= 11 is 0. The third-order valence-electron chi connectivity index (χ3n) is 1.34. The van der Waals surface area contributed by atoms with E-state index in [1.165, 1.54) is 6.08 Å². The molecular formula is C8H7F2N. The van der Waals surface area contributed by atoms with E-state index >= 15 is 0 Å². The topological polar surface area (TPSA) is 26.0 Å². The van der Waals surface area contributed by atoms with Crippen LogP contribution < -0.4 is 5.73 Å². The van der Waals surface area contributed by atoms with Crippen LogP contribution >= 0.6 is 0 Å². The van der Waals surface area contributed by atoms with Crippen LogP contribution in [0.5, 0.6) is 0 Å². The maximum Gasteiger partial charge on any atom is 0.146 e. The molecule has 0 spiro atoms. The molecule has 11 heavy (non-hydrogen) atoms. The van der Waals surface area contributed by atoms with E-state index in [9.17, 15) is 8.78 Å². The van der Waals surface area contributed by atoms with Gasteiger partial charge in [-0.25, -0.2) is 8.78 Å². The quantitative estimate of drug-likeness (QED) is 0.618. The van der Waals surface area contributed by atoms with Gasteiger partial charge in [0.2, 0.25) is 0 Å². The Kier molecular flexibility index (Phi) is 1.89.